The number of rotatable bonds is 7. The van der Waals surface area contributed by atoms with Crippen molar-refractivity contribution in [2.75, 3.05) is 42.6 Å². The zero-order valence-electron chi connectivity index (χ0n) is 21.5. The lowest BCUT2D eigenvalue weighted by Crippen LogP contribution is -2.35. The van der Waals surface area contributed by atoms with Crippen molar-refractivity contribution in [3.05, 3.63) is 59.0 Å². The Morgan fingerprint density at radius 1 is 1.18 bits per heavy atom. The van der Waals surface area contributed by atoms with E-state index < -0.39 is 11.6 Å². The molecule has 2 N–H and O–H groups in total. The van der Waals surface area contributed by atoms with Crippen LogP contribution in [0.15, 0.2) is 35.0 Å². The van der Waals surface area contributed by atoms with Crippen LogP contribution in [0.25, 0.3) is 0 Å². The third kappa shape index (κ3) is 5.41. The molecular formula is C27H31F2N7O2. The van der Waals surface area contributed by atoms with Crippen molar-refractivity contribution in [3.8, 4) is 11.9 Å². The topological polar surface area (TPSA) is 117 Å². The van der Waals surface area contributed by atoms with Crippen LogP contribution in [0.1, 0.15) is 55.5 Å². The smallest absolute Gasteiger partial charge is 0.324 e. The fraction of sp³-hybridized carbons (Fsp3) is 0.481. The molecule has 0 aliphatic carbocycles. The molecule has 0 saturated carbocycles. The van der Waals surface area contributed by atoms with E-state index in [-0.39, 0.29) is 29.3 Å². The number of anilines is 2. The predicted octanol–water partition coefficient (Wildman–Crippen LogP) is 3.96. The molecule has 0 amide bonds. The summed E-state index contributed by atoms with van der Waals surface area (Å²) in [6.45, 7) is 6.90. The van der Waals surface area contributed by atoms with E-state index in [0.717, 1.165) is 38.1 Å². The number of nitriles is 1. The first kappa shape index (κ1) is 25.9. The number of nitrogens with zero attached hydrogens (tertiary/aromatic N) is 6. The molecule has 2 saturated heterocycles. The van der Waals surface area contributed by atoms with Crippen molar-refractivity contribution in [1.82, 2.24) is 15.1 Å². The summed E-state index contributed by atoms with van der Waals surface area (Å²) in [7, 11) is 0. The zero-order valence-corrected chi connectivity index (χ0v) is 21.5. The predicted molar refractivity (Wildman–Crippen MR) is 137 cm³/mol. The molecule has 0 radical (unpaired) electrons. The molecule has 2 aliphatic rings. The maximum absolute atomic E-state index is 14.3. The molecule has 11 heteroatoms. The number of halogens is 2. The molecule has 9 nitrogen and oxygen atoms in total. The van der Waals surface area contributed by atoms with E-state index in [1.807, 2.05) is 18.7 Å². The average Bonchev–Trinajstić information content (AvgIpc) is 3.57. The number of piperidine rings is 1. The summed E-state index contributed by atoms with van der Waals surface area (Å²) in [5.41, 5.74) is 7.57. The van der Waals surface area contributed by atoms with Gasteiger partial charge in [0.05, 0.1) is 18.5 Å². The van der Waals surface area contributed by atoms with Crippen molar-refractivity contribution >= 4 is 11.7 Å². The van der Waals surface area contributed by atoms with Crippen LogP contribution in [0.4, 0.5) is 20.5 Å². The van der Waals surface area contributed by atoms with Gasteiger partial charge in [-0.1, -0.05) is 19.0 Å². The van der Waals surface area contributed by atoms with Crippen LogP contribution in [0.3, 0.4) is 0 Å². The number of hydrogen-bond acceptors (Lipinski definition) is 9. The highest BCUT2D eigenvalue weighted by atomic mass is 19.1. The lowest BCUT2D eigenvalue weighted by Gasteiger charge is -2.30. The Hall–Kier alpha value is -3.78. The van der Waals surface area contributed by atoms with E-state index in [0.29, 0.717) is 48.7 Å². The summed E-state index contributed by atoms with van der Waals surface area (Å²) >= 11 is 0. The van der Waals surface area contributed by atoms with Crippen LogP contribution in [-0.4, -0.2) is 54.0 Å². The highest BCUT2D eigenvalue weighted by Gasteiger charge is 2.34. The van der Waals surface area contributed by atoms with Crippen LogP contribution in [0, 0.1) is 28.9 Å². The fourth-order valence-corrected chi connectivity index (χ4v) is 5.05. The van der Waals surface area contributed by atoms with Gasteiger partial charge in [-0.05, 0) is 48.6 Å². The molecule has 3 aromatic rings. The van der Waals surface area contributed by atoms with Crippen LogP contribution in [0.5, 0.6) is 5.88 Å². The van der Waals surface area contributed by atoms with E-state index in [4.69, 9.17) is 15.0 Å². The molecule has 1 aromatic carbocycles. The van der Waals surface area contributed by atoms with Gasteiger partial charge < -0.3 is 24.8 Å². The van der Waals surface area contributed by atoms with Crippen molar-refractivity contribution in [3.63, 3.8) is 0 Å². The van der Waals surface area contributed by atoms with E-state index in [1.165, 1.54) is 6.07 Å². The van der Waals surface area contributed by atoms with Crippen LogP contribution >= 0.6 is 0 Å². The molecular weight excluding hydrogens is 492 g/mol. The normalized spacial score (nSPS) is 20.2. The Morgan fingerprint density at radius 2 is 1.97 bits per heavy atom. The summed E-state index contributed by atoms with van der Waals surface area (Å²) < 4.78 is 39.4. The van der Waals surface area contributed by atoms with E-state index in [2.05, 4.69) is 26.1 Å². The molecule has 0 spiro atoms. The Kier molecular flexibility index (Phi) is 7.42. The number of benzene rings is 1. The number of nitrogens with two attached hydrogens (primary N) is 1. The number of pyridine rings is 1. The Bertz CT molecular complexity index is 1320. The first-order chi connectivity index (χ1) is 18.3. The Balaban J connectivity index is 1.18. The van der Waals surface area contributed by atoms with Crippen molar-refractivity contribution < 1.29 is 18.0 Å². The molecule has 2 aliphatic heterocycles. The number of hydrogen-bond donors (Lipinski definition) is 1. The quantitative estimate of drug-likeness (QED) is 0.491. The highest BCUT2D eigenvalue weighted by Crippen LogP contribution is 2.33. The van der Waals surface area contributed by atoms with Crippen molar-refractivity contribution in [2.24, 2.45) is 11.7 Å². The number of aromatic nitrogens is 3. The standard InChI is InChI=1S/C27H31F2N7O2/c1-16(2)25-33-27(38-34-25)35-7-5-17(6-8-35)15-37-26-18(11-30)9-20(12-32-26)36-13-22(24(31)14-36)21-10-19(28)3-4-23(21)29/h3-4,9-10,12,16-17,22,24H,5-8,13-15,31H2,1-2H3/t22-,24+/m1/s1. The molecule has 0 bridgehead atoms. The SMILES string of the molecule is CC(C)c1noc(N2CCC(COc3ncc(N4C[C@H](c5cc(F)ccc5F)[C@@H](N)C4)cc3C#N)CC2)n1. The minimum atomic E-state index is -0.498. The average molecular weight is 524 g/mol. The zero-order chi connectivity index (χ0) is 26.8. The first-order valence-electron chi connectivity index (χ1n) is 12.9. The largest absolute Gasteiger partial charge is 0.476 e. The van der Waals surface area contributed by atoms with Gasteiger partial charge >= 0.3 is 6.01 Å². The first-order valence-corrected chi connectivity index (χ1v) is 12.9. The molecule has 38 heavy (non-hydrogen) atoms. The van der Waals surface area contributed by atoms with E-state index in [9.17, 15) is 14.0 Å². The van der Waals surface area contributed by atoms with Gasteiger partial charge in [-0.2, -0.15) is 10.2 Å². The van der Waals surface area contributed by atoms with Gasteiger partial charge in [-0.15, -0.1) is 0 Å². The second-order valence-electron chi connectivity index (χ2n) is 10.3. The van der Waals surface area contributed by atoms with Gasteiger partial charge in [0.25, 0.3) is 0 Å². The molecule has 2 aromatic heterocycles. The van der Waals surface area contributed by atoms with Crippen LogP contribution in [0.2, 0.25) is 0 Å². The van der Waals surface area contributed by atoms with Gasteiger partial charge in [0.2, 0.25) is 5.88 Å². The molecule has 200 valence electrons. The molecule has 4 heterocycles. The minimum Gasteiger partial charge on any atom is -0.476 e. The molecule has 2 fully saturated rings. The Morgan fingerprint density at radius 3 is 2.68 bits per heavy atom. The second kappa shape index (κ2) is 10.9. The monoisotopic (exact) mass is 523 g/mol. The fourth-order valence-electron chi connectivity index (χ4n) is 5.05. The third-order valence-corrected chi connectivity index (χ3v) is 7.33. The summed E-state index contributed by atoms with van der Waals surface area (Å²) in [5.74, 6) is 0.170. The molecule has 0 unspecified atom stereocenters. The summed E-state index contributed by atoms with van der Waals surface area (Å²) in [5, 5.41) is 13.8. The Labute approximate surface area is 220 Å². The van der Waals surface area contributed by atoms with Gasteiger partial charge in [0.15, 0.2) is 5.82 Å². The van der Waals surface area contributed by atoms with Gasteiger partial charge in [0.1, 0.15) is 23.3 Å². The van der Waals surface area contributed by atoms with E-state index in [1.54, 1.807) is 12.3 Å². The van der Waals surface area contributed by atoms with Gasteiger partial charge in [-0.25, -0.2) is 13.8 Å². The lowest BCUT2D eigenvalue weighted by molar-refractivity contribution is 0.213. The van der Waals surface area contributed by atoms with Crippen LogP contribution in [-0.2, 0) is 0 Å². The van der Waals surface area contributed by atoms with Gasteiger partial charge in [0, 0.05) is 44.1 Å². The van der Waals surface area contributed by atoms with E-state index >= 15 is 0 Å². The van der Waals surface area contributed by atoms with Crippen LogP contribution < -0.4 is 20.3 Å². The van der Waals surface area contributed by atoms with Crippen molar-refractivity contribution in [2.45, 2.75) is 44.6 Å². The molecule has 5 rings (SSSR count). The minimum absolute atomic E-state index is 0.215. The molecule has 2 atom stereocenters. The maximum Gasteiger partial charge on any atom is 0.324 e. The second-order valence-corrected chi connectivity index (χ2v) is 10.3. The summed E-state index contributed by atoms with van der Waals surface area (Å²) in [4.78, 5) is 12.9. The van der Waals surface area contributed by atoms with Crippen molar-refractivity contribution in [1.29, 1.82) is 5.26 Å². The highest BCUT2D eigenvalue weighted by molar-refractivity contribution is 5.55. The summed E-state index contributed by atoms with van der Waals surface area (Å²) in [6.07, 6.45) is 3.42. The third-order valence-electron chi connectivity index (χ3n) is 7.33. The summed E-state index contributed by atoms with van der Waals surface area (Å²) in [6, 6.07) is 7.47. The lowest BCUT2D eigenvalue weighted by atomic mass is 9.94. The van der Waals surface area contributed by atoms with Gasteiger partial charge in [-0.3, -0.25) is 0 Å². The number of ether oxygens (including phenoxy) is 1. The maximum atomic E-state index is 14.3.